The van der Waals surface area contributed by atoms with Gasteiger partial charge in [-0.05, 0) is 41.7 Å². The summed E-state index contributed by atoms with van der Waals surface area (Å²) in [5.41, 5.74) is 4.04. The standard InChI is InChI=1S/C21H27FN4/c1-23-21(24-12-10-17-6-8-20(22)9-7-17)25-13-15-26-14-11-18-4-2-3-5-19(18)16-26/h2-9H,10-16H2,1H3,(H2,23,24,25). The highest BCUT2D eigenvalue weighted by molar-refractivity contribution is 5.79. The summed E-state index contributed by atoms with van der Waals surface area (Å²) in [5, 5.41) is 6.69. The molecule has 0 saturated heterocycles. The third-order valence-electron chi connectivity index (χ3n) is 4.77. The number of benzene rings is 2. The van der Waals surface area contributed by atoms with Crippen LogP contribution in [0.4, 0.5) is 4.39 Å². The number of hydrogen-bond acceptors (Lipinski definition) is 2. The highest BCUT2D eigenvalue weighted by Gasteiger charge is 2.14. The maximum Gasteiger partial charge on any atom is 0.191 e. The minimum atomic E-state index is -0.195. The number of hydrogen-bond donors (Lipinski definition) is 2. The maximum atomic E-state index is 12.9. The second-order valence-corrected chi connectivity index (χ2v) is 6.60. The highest BCUT2D eigenvalue weighted by atomic mass is 19.1. The smallest absolute Gasteiger partial charge is 0.191 e. The third-order valence-corrected chi connectivity index (χ3v) is 4.77. The largest absolute Gasteiger partial charge is 0.356 e. The molecule has 2 N–H and O–H groups in total. The molecule has 1 aliphatic rings. The first-order valence-electron chi connectivity index (χ1n) is 9.22. The number of nitrogens with zero attached hydrogens (tertiary/aromatic N) is 2. The van der Waals surface area contributed by atoms with E-state index in [4.69, 9.17) is 0 Å². The van der Waals surface area contributed by atoms with Crippen molar-refractivity contribution in [1.82, 2.24) is 15.5 Å². The molecule has 138 valence electrons. The van der Waals surface area contributed by atoms with Gasteiger partial charge < -0.3 is 10.6 Å². The molecular formula is C21H27FN4. The van der Waals surface area contributed by atoms with Gasteiger partial charge in [0.15, 0.2) is 5.96 Å². The van der Waals surface area contributed by atoms with Gasteiger partial charge in [0.2, 0.25) is 0 Å². The van der Waals surface area contributed by atoms with Crippen LogP contribution < -0.4 is 10.6 Å². The number of rotatable bonds is 6. The average Bonchev–Trinajstić information content (AvgIpc) is 2.68. The molecule has 5 heteroatoms. The van der Waals surface area contributed by atoms with Crippen molar-refractivity contribution >= 4 is 5.96 Å². The summed E-state index contributed by atoms with van der Waals surface area (Å²) in [6.45, 7) is 4.75. The fraction of sp³-hybridized carbons (Fsp3) is 0.381. The molecule has 0 aliphatic carbocycles. The van der Waals surface area contributed by atoms with Gasteiger partial charge >= 0.3 is 0 Å². The number of guanidine groups is 1. The molecule has 3 rings (SSSR count). The lowest BCUT2D eigenvalue weighted by Crippen LogP contribution is -2.43. The van der Waals surface area contributed by atoms with E-state index in [1.165, 1.54) is 23.3 Å². The van der Waals surface area contributed by atoms with Crippen molar-refractivity contribution in [3.63, 3.8) is 0 Å². The number of nitrogens with one attached hydrogen (secondary N) is 2. The lowest BCUT2D eigenvalue weighted by Gasteiger charge is -2.28. The van der Waals surface area contributed by atoms with Gasteiger partial charge in [0, 0.05) is 39.8 Å². The Morgan fingerprint density at radius 1 is 1.04 bits per heavy atom. The summed E-state index contributed by atoms with van der Waals surface area (Å²) >= 11 is 0. The van der Waals surface area contributed by atoms with Gasteiger partial charge in [-0.15, -0.1) is 0 Å². The summed E-state index contributed by atoms with van der Waals surface area (Å²) in [5.74, 6) is 0.615. The Balaban J connectivity index is 1.36. The van der Waals surface area contributed by atoms with Crippen LogP contribution in [0.2, 0.25) is 0 Å². The topological polar surface area (TPSA) is 39.7 Å². The van der Waals surface area contributed by atoms with E-state index in [1.54, 1.807) is 7.05 Å². The number of fused-ring (bicyclic) bond motifs is 1. The quantitative estimate of drug-likeness (QED) is 0.619. The SMILES string of the molecule is CN=C(NCCc1ccc(F)cc1)NCCN1CCc2ccccc2C1. The number of aliphatic imine (C=N–C) groups is 1. The molecule has 2 aromatic rings. The molecule has 4 nitrogen and oxygen atoms in total. The van der Waals surface area contributed by atoms with Gasteiger partial charge in [-0.2, -0.15) is 0 Å². The van der Waals surface area contributed by atoms with Crippen LogP contribution in [0.15, 0.2) is 53.5 Å². The molecule has 1 aliphatic heterocycles. The highest BCUT2D eigenvalue weighted by Crippen LogP contribution is 2.17. The van der Waals surface area contributed by atoms with Crippen LogP contribution in [0, 0.1) is 5.82 Å². The number of halogens is 1. The second-order valence-electron chi connectivity index (χ2n) is 6.60. The summed E-state index contributed by atoms with van der Waals surface area (Å²) in [7, 11) is 1.78. The molecule has 0 aromatic heterocycles. The van der Waals surface area contributed by atoms with E-state index in [0.29, 0.717) is 0 Å². The fourth-order valence-corrected chi connectivity index (χ4v) is 3.27. The molecule has 0 spiro atoms. The second kappa shape index (κ2) is 9.34. The lowest BCUT2D eigenvalue weighted by atomic mass is 10.00. The van der Waals surface area contributed by atoms with E-state index in [9.17, 15) is 4.39 Å². The predicted molar refractivity (Wildman–Crippen MR) is 105 cm³/mol. The van der Waals surface area contributed by atoms with Gasteiger partial charge in [0.25, 0.3) is 0 Å². The van der Waals surface area contributed by atoms with Gasteiger partial charge in [-0.25, -0.2) is 4.39 Å². The van der Waals surface area contributed by atoms with Gasteiger partial charge in [-0.1, -0.05) is 36.4 Å². The van der Waals surface area contributed by atoms with Crippen LogP contribution in [0.5, 0.6) is 0 Å². The summed E-state index contributed by atoms with van der Waals surface area (Å²) in [6, 6.07) is 15.3. The first-order chi connectivity index (χ1) is 12.7. The van der Waals surface area contributed by atoms with Crippen LogP contribution in [-0.4, -0.2) is 44.1 Å². The lowest BCUT2D eigenvalue weighted by molar-refractivity contribution is 0.258. The van der Waals surface area contributed by atoms with Crippen LogP contribution in [0.3, 0.4) is 0 Å². The van der Waals surface area contributed by atoms with E-state index in [2.05, 4.69) is 44.8 Å². The molecule has 0 unspecified atom stereocenters. The zero-order valence-electron chi connectivity index (χ0n) is 15.3. The van der Waals surface area contributed by atoms with Crippen molar-refractivity contribution in [1.29, 1.82) is 0 Å². The maximum absolute atomic E-state index is 12.9. The van der Waals surface area contributed by atoms with E-state index in [1.807, 2.05) is 12.1 Å². The normalized spacial score (nSPS) is 14.8. The Bertz CT molecular complexity index is 727. The van der Waals surface area contributed by atoms with E-state index in [-0.39, 0.29) is 5.82 Å². The van der Waals surface area contributed by atoms with Crippen molar-refractivity contribution in [2.75, 3.05) is 33.2 Å². The first kappa shape index (κ1) is 18.4. The van der Waals surface area contributed by atoms with Crippen LogP contribution in [-0.2, 0) is 19.4 Å². The molecule has 2 aromatic carbocycles. The Hall–Kier alpha value is -2.40. The van der Waals surface area contributed by atoms with E-state index < -0.39 is 0 Å². The fourth-order valence-electron chi connectivity index (χ4n) is 3.27. The molecule has 0 atom stereocenters. The van der Waals surface area contributed by atoms with Crippen molar-refractivity contribution < 1.29 is 4.39 Å². The zero-order chi connectivity index (χ0) is 18.2. The van der Waals surface area contributed by atoms with Crippen LogP contribution >= 0.6 is 0 Å². The summed E-state index contributed by atoms with van der Waals surface area (Å²) < 4.78 is 12.9. The average molecular weight is 354 g/mol. The first-order valence-corrected chi connectivity index (χ1v) is 9.22. The summed E-state index contributed by atoms with van der Waals surface area (Å²) in [4.78, 5) is 6.74. The Kier molecular flexibility index (Phi) is 6.61. The molecule has 0 fully saturated rings. The van der Waals surface area contributed by atoms with Gasteiger partial charge in [0.1, 0.15) is 5.82 Å². The minimum Gasteiger partial charge on any atom is -0.356 e. The monoisotopic (exact) mass is 354 g/mol. The van der Waals surface area contributed by atoms with Crippen molar-refractivity contribution in [2.45, 2.75) is 19.4 Å². The molecule has 1 heterocycles. The van der Waals surface area contributed by atoms with E-state index >= 15 is 0 Å². The molecule has 26 heavy (non-hydrogen) atoms. The molecule has 0 amide bonds. The van der Waals surface area contributed by atoms with Crippen molar-refractivity contribution in [3.05, 3.63) is 71.0 Å². The Morgan fingerprint density at radius 2 is 1.77 bits per heavy atom. The molecular weight excluding hydrogens is 327 g/mol. The van der Waals surface area contributed by atoms with Crippen LogP contribution in [0.25, 0.3) is 0 Å². The third kappa shape index (κ3) is 5.30. The predicted octanol–water partition coefficient (Wildman–Crippen LogP) is 2.59. The minimum absolute atomic E-state index is 0.195. The Labute approximate surface area is 155 Å². The van der Waals surface area contributed by atoms with Crippen LogP contribution in [0.1, 0.15) is 16.7 Å². The van der Waals surface area contributed by atoms with Gasteiger partial charge in [-0.3, -0.25) is 9.89 Å². The Morgan fingerprint density at radius 3 is 2.54 bits per heavy atom. The zero-order valence-corrected chi connectivity index (χ0v) is 15.3. The molecule has 0 radical (unpaired) electrons. The molecule has 0 saturated carbocycles. The van der Waals surface area contributed by atoms with Gasteiger partial charge in [0.05, 0.1) is 0 Å². The summed E-state index contributed by atoms with van der Waals surface area (Å²) in [6.07, 6.45) is 1.96. The van der Waals surface area contributed by atoms with E-state index in [0.717, 1.165) is 57.1 Å². The van der Waals surface area contributed by atoms with Crippen molar-refractivity contribution in [2.24, 2.45) is 4.99 Å². The molecule has 0 bridgehead atoms. The van der Waals surface area contributed by atoms with Crippen molar-refractivity contribution in [3.8, 4) is 0 Å².